The summed E-state index contributed by atoms with van der Waals surface area (Å²) in [7, 11) is 0. The number of hydrogen-bond donors (Lipinski definition) is 2. The van der Waals surface area contributed by atoms with Crippen LogP contribution in [-0.2, 0) is 0 Å². The van der Waals surface area contributed by atoms with Crippen molar-refractivity contribution in [1.29, 1.82) is 0 Å². The van der Waals surface area contributed by atoms with Crippen molar-refractivity contribution in [2.24, 2.45) is 10.7 Å². The molecule has 0 aromatic heterocycles. The third-order valence-corrected chi connectivity index (χ3v) is 0. The van der Waals surface area contributed by atoms with Gasteiger partial charge in [-0.2, -0.15) is 0 Å². The molecule has 4 radical (unpaired) electrons. The summed E-state index contributed by atoms with van der Waals surface area (Å²) in [6.45, 7) is 0. The van der Waals surface area contributed by atoms with E-state index in [0.29, 0.717) is 0 Å². The van der Waals surface area contributed by atoms with Crippen molar-refractivity contribution in [3.63, 3.8) is 0 Å². The smallest absolute Gasteiger partial charge is 0.152 e. The zero-order chi connectivity index (χ0) is 5.41. The normalized spacial score (nSPS) is 3.43. The van der Waals surface area contributed by atoms with Gasteiger partial charge < -0.3 is 10.4 Å². The number of hydrogen-bond acceptors (Lipinski definition) is 4. The van der Waals surface area contributed by atoms with Gasteiger partial charge in [-0.3, -0.25) is 0 Å². The van der Waals surface area contributed by atoms with Crippen molar-refractivity contribution >= 4 is 27.3 Å². The van der Waals surface area contributed by atoms with Crippen LogP contribution in [0.4, 0.5) is 0 Å². The van der Waals surface area contributed by atoms with E-state index in [-0.39, 0.29) is 27.3 Å². The maximum absolute atomic E-state index is 8.11. The summed E-state index contributed by atoms with van der Waals surface area (Å²) in [5, 5.41) is 15.8. The molecule has 0 saturated carbocycles. The Morgan fingerprint density at radius 2 is 1.00 bits per heavy atom. The average Bonchev–Trinajstić information content (AvgIpc) is 1.39. The standard InChI is InChI=1S/2HNO2.Pb/c2*2-1-3;/h2*(H,2,3);. The molecule has 0 aliphatic carbocycles. The third kappa shape index (κ3) is 1030. The molecule has 0 saturated heterocycles. The molecule has 0 aromatic carbocycles. The summed E-state index contributed by atoms with van der Waals surface area (Å²) in [5.74, 6) is 0. The minimum absolute atomic E-state index is 0. The topological polar surface area (TPSA) is 99.3 Å². The first-order valence-corrected chi connectivity index (χ1v) is 0.765. The van der Waals surface area contributed by atoms with Crippen LogP contribution in [0.25, 0.3) is 0 Å². The molecule has 7 heavy (non-hydrogen) atoms. The maximum Gasteiger partial charge on any atom is 0.152 e. The van der Waals surface area contributed by atoms with Gasteiger partial charge in [0.1, 0.15) is 0 Å². The van der Waals surface area contributed by atoms with Crippen LogP contribution in [0.5, 0.6) is 0 Å². The molecule has 0 aromatic rings. The van der Waals surface area contributed by atoms with Crippen LogP contribution < -0.4 is 0 Å². The van der Waals surface area contributed by atoms with Crippen LogP contribution in [-0.4, -0.2) is 37.7 Å². The number of rotatable bonds is 0. The van der Waals surface area contributed by atoms with Gasteiger partial charge >= 0.3 is 0 Å². The summed E-state index contributed by atoms with van der Waals surface area (Å²) in [6.07, 6.45) is 0. The molecule has 0 aliphatic heterocycles. The van der Waals surface area contributed by atoms with Gasteiger partial charge in [-0.25, -0.2) is 0 Å². The SMILES string of the molecule is O=NO.O=NO.[Pb]. The van der Waals surface area contributed by atoms with Crippen molar-refractivity contribution in [1.82, 2.24) is 0 Å². The van der Waals surface area contributed by atoms with Crippen LogP contribution >= 0.6 is 0 Å². The molecule has 0 spiro atoms. The predicted molar refractivity (Wildman–Crippen MR) is 20.9 cm³/mol. The molecule has 2 N–H and O–H groups in total. The summed E-state index contributed by atoms with van der Waals surface area (Å²) in [4.78, 5) is 16.2. The molecule has 7 heteroatoms. The molecular formula is H2N2O4Pb. The van der Waals surface area contributed by atoms with E-state index in [2.05, 4.69) is 0 Å². The van der Waals surface area contributed by atoms with E-state index in [4.69, 9.17) is 20.2 Å². The van der Waals surface area contributed by atoms with E-state index in [1.54, 1.807) is 0 Å². The maximum atomic E-state index is 8.11. The largest absolute Gasteiger partial charge is 0.379 e. The Labute approximate surface area is 58.5 Å². The van der Waals surface area contributed by atoms with Crippen LogP contribution in [0, 0.1) is 9.81 Å². The Kier molecular flexibility index (Phi) is 97.6. The van der Waals surface area contributed by atoms with Gasteiger partial charge in [0.25, 0.3) is 0 Å². The van der Waals surface area contributed by atoms with Crippen molar-refractivity contribution in [2.45, 2.75) is 0 Å². The zero-order valence-electron chi connectivity index (χ0n) is 3.11. The van der Waals surface area contributed by atoms with Gasteiger partial charge in [0.05, 0.1) is 0 Å². The minimum Gasteiger partial charge on any atom is -0.379 e. The van der Waals surface area contributed by atoms with Crippen molar-refractivity contribution < 1.29 is 10.4 Å². The van der Waals surface area contributed by atoms with Crippen molar-refractivity contribution in [3.8, 4) is 0 Å². The number of nitrogens with zero attached hydrogens (tertiary/aromatic N) is 2. The first kappa shape index (κ1) is 15.9. The van der Waals surface area contributed by atoms with E-state index < -0.39 is 0 Å². The summed E-state index contributed by atoms with van der Waals surface area (Å²) in [6, 6.07) is 0. The van der Waals surface area contributed by atoms with Gasteiger partial charge in [0.15, 0.2) is 10.7 Å². The molecule has 0 bridgehead atoms. The minimum atomic E-state index is 0. The fraction of sp³-hybridized carbons (Fsp3) is 0. The molecule has 0 rings (SSSR count). The van der Waals surface area contributed by atoms with Crippen LogP contribution in [0.1, 0.15) is 0 Å². The zero-order valence-corrected chi connectivity index (χ0v) is 6.99. The third-order valence-electron chi connectivity index (χ3n) is 0. The van der Waals surface area contributed by atoms with Gasteiger partial charge in [-0.05, 0) is 0 Å². The van der Waals surface area contributed by atoms with Gasteiger partial charge in [-0.1, -0.05) is 0 Å². The van der Waals surface area contributed by atoms with Crippen molar-refractivity contribution in [3.05, 3.63) is 9.81 Å². The predicted octanol–water partition coefficient (Wildman–Crippen LogP) is -0.0968. The second-order valence-electron chi connectivity index (χ2n) is 0.163. The average molecular weight is 301 g/mol. The van der Waals surface area contributed by atoms with E-state index in [0.717, 1.165) is 0 Å². The van der Waals surface area contributed by atoms with E-state index in [1.807, 2.05) is 0 Å². The van der Waals surface area contributed by atoms with E-state index >= 15 is 0 Å². The Morgan fingerprint density at radius 1 is 1.00 bits per heavy atom. The first-order valence-electron chi connectivity index (χ1n) is 0.765. The molecule has 0 fully saturated rings. The summed E-state index contributed by atoms with van der Waals surface area (Å²) >= 11 is 0. The molecule has 40 valence electrons. The Balaban J connectivity index is -0.0000000400. The second-order valence-corrected chi connectivity index (χ2v) is 0.163. The molecule has 0 heterocycles. The summed E-state index contributed by atoms with van der Waals surface area (Å²) in [5.41, 5.74) is 0. The van der Waals surface area contributed by atoms with Gasteiger partial charge in [0, 0.05) is 27.3 Å². The van der Waals surface area contributed by atoms with Gasteiger partial charge in [-0.15, -0.1) is 9.81 Å². The molecule has 6 nitrogen and oxygen atoms in total. The second kappa shape index (κ2) is 43.0. The molecular weight excluding hydrogens is 299 g/mol. The summed E-state index contributed by atoms with van der Waals surface area (Å²) < 4.78 is 0. The van der Waals surface area contributed by atoms with Gasteiger partial charge in [0.2, 0.25) is 0 Å². The molecule has 0 amide bonds. The molecule has 0 unspecified atom stereocenters. The molecule has 0 aliphatic rings. The fourth-order valence-corrected chi connectivity index (χ4v) is 0. The quantitative estimate of drug-likeness (QED) is 0.371. The van der Waals surface area contributed by atoms with Crippen molar-refractivity contribution in [2.75, 3.05) is 0 Å². The Morgan fingerprint density at radius 3 is 1.00 bits per heavy atom. The van der Waals surface area contributed by atoms with E-state index in [9.17, 15) is 0 Å². The Hall–Kier alpha value is -0.278. The van der Waals surface area contributed by atoms with Crippen LogP contribution in [0.15, 0.2) is 10.7 Å². The van der Waals surface area contributed by atoms with Crippen LogP contribution in [0.3, 0.4) is 0 Å². The van der Waals surface area contributed by atoms with Crippen LogP contribution in [0.2, 0.25) is 0 Å². The van der Waals surface area contributed by atoms with E-state index in [1.165, 1.54) is 10.7 Å². The monoisotopic (exact) mass is 302 g/mol. The Bertz CT molecular complexity index is 30.7. The molecule has 0 atom stereocenters. The fourth-order valence-electron chi connectivity index (χ4n) is 0. The first-order chi connectivity index (χ1) is 2.83.